The van der Waals surface area contributed by atoms with E-state index in [-0.39, 0.29) is 18.1 Å². The zero-order valence-corrected chi connectivity index (χ0v) is 23.9. The molecule has 36 heavy (non-hydrogen) atoms. The SMILES string of the molecule is CCc1c(C(=O)NCCN(CC)C(C)(C)COC(C)(C)CCOS(C)(=O)=O)cnc2cc(C)ccc12. The van der Waals surface area contributed by atoms with Crippen LogP contribution in [0.1, 0.15) is 69.4 Å². The number of carbonyl (C=O) groups is 1. The molecule has 0 spiro atoms. The van der Waals surface area contributed by atoms with Crippen LogP contribution in [0.2, 0.25) is 0 Å². The number of aryl methyl sites for hydroxylation is 2. The number of benzene rings is 1. The molecule has 0 aliphatic carbocycles. The first kappa shape index (κ1) is 30.2. The molecule has 1 N–H and O–H groups in total. The minimum Gasteiger partial charge on any atom is -0.374 e. The van der Waals surface area contributed by atoms with Crippen LogP contribution >= 0.6 is 0 Å². The quantitative estimate of drug-likeness (QED) is 0.374. The molecule has 1 aromatic carbocycles. The highest BCUT2D eigenvalue weighted by atomic mass is 32.2. The summed E-state index contributed by atoms with van der Waals surface area (Å²) in [4.78, 5) is 19.8. The normalized spacial score (nSPS) is 12.9. The summed E-state index contributed by atoms with van der Waals surface area (Å²) in [5.74, 6) is -0.112. The lowest BCUT2D eigenvalue weighted by molar-refractivity contribution is -0.0776. The highest BCUT2D eigenvalue weighted by Crippen LogP contribution is 2.23. The Bertz CT molecular complexity index is 1150. The molecular weight excluding hydrogens is 478 g/mol. The van der Waals surface area contributed by atoms with Crippen LogP contribution in [0, 0.1) is 6.92 Å². The third-order valence-electron chi connectivity index (χ3n) is 6.46. The molecular formula is C27H43N3O5S. The molecule has 0 unspecified atom stereocenters. The minimum absolute atomic E-state index is 0.0821. The predicted molar refractivity (Wildman–Crippen MR) is 145 cm³/mol. The molecule has 0 saturated carbocycles. The monoisotopic (exact) mass is 521 g/mol. The summed E-state index contributed by atoms with van der Waals surface area (Å²) in [6.45, 7) is 16.7. The maximum atomic E-state index is 13.0. The van der Waals surface area contributed by atoms with Gasteiger partial charge in [-0.2, -0.15) is 8.42 Å². The van der Waals surface area contributed by atoms with Crippen molar-refractivity contribution in [1.82, 2.24) is 15.2 Å². The number of hydrogen-bond donors (Lipinski definition) is 1. The molecule has 0 saturated heterocycles. The molecule has 9 heteroatoms. The maximum Gasteiger partial charge on any atom is 0.264 e. The number of nitrogens with zero attached hydrogens (tertiary/aromatic N) is 2. The maximum absolute atomic E-state index is 13.0. The van der Waals surface area contributed by atoms with Crippen LogP contribution in [0.25, 0.3) is 10.9 Å². The molecule has 0 aliphatic rings. The Hall–Kier alpha value is -2.07. The van der Waals surface area contributed by atoms with Gasteiger partial charge < -0.3 is 10.1 Å². The smallest absolute Gasteiger partial charge is 0.264 e. The van der Waals surface area contributed by atoms with Crippen molar-refractivity contribution in [1.29, 1.82) is 0 Å². The van der Waals surface area contributed by atoms with E-state index in [2.05, 4.69) is 42.9 Å². The summed E-state index contributed by atoms with van der Waals surface area (Å²) in [6.07, 6.45) is 3.93. The van der Waals surface area contributed by atoms with E-state index in [4.69, 9.17) is 8.92 Å². The van der Waals surface area contributed by atoms with E-state index in [1.54, 1.807) is 6.20 Å². The van der Waals surface area contributed by atoms with Gasteiger partial charge >= 0.3 is 0 Å². The number of carbonyl (C=O) groups excluding carboxylic acids is 1. The molecule has 0 atom stereocenters. The van der Waals surface area contributed by atoms with Crippen molar-refractivity contribution in [2.24, 2.45) is 0 Å². The Morgan fingerprint density at radius 1 is 1.17 bits per heavy atom. The van der Waals surface area contributed by atoms with Crippen molar-refractivity contribution < 1.29 is 22.1 Å². The van der Waals surface area contributed by atoms with Gasteiger partial charge in [0.2, 0.25) is 0 Å². The standard InChI is InChI=1S/C27H43N3O5S/c1-9-21-22-12-11-20(3)17-24(22)29-18-23(21)25(31)28-14-15-30(10-2)26(4,5)19-34-27(6,7)13-16-35-36(8,32)33/h11-12,17-18H,9-10,13-16,19H2,1-8H3,(H,28,31). The van der Waals surface area contributed by atoms with Gasteiger partial charge in [-0.3, -0.25) is 18.9 Å². The topological polar surface area (TPSA) is 97.8 Å². The lowest BCUT2D eigenvalue weighted by Crippen LogP contribution is -2.51. The highest BCUT2D eigenvalue weighted by Gasteiger charge is 2.29. The second kappa shape index (κ2) is 12.4. The van der Waals surface area contributed by atoms with E-state index >= 15 is 0 Å². The molecule has 2 rings (SSSR count). The van der Waals surface area contributed by atoms with Crippen molar-refractivity contribution in [3.63, 3.8) is 0 Å². The van der Waals surface area contributed by atoms with Gasteiger partial charge in [-0.05, 0) is 64.8 Å². The van der Waals surface area contributed by atoms with Gasteiger partial charge in [0.05, 0.1) is 36.2 Å². The molecule has 202 valence electrons. The van der Waals surface area contributed by atoms with Crippen LogP contribution < -0.4 is 5.32 Å². The Morgan fingerprint density at radius 3 is 2.47 bits per heavy atom. The van der Waals surface area contributed by atoms with Crippen molar-refractivity contribution in [3.05, 3.63) is 41.1 Å². The fourth-order valence-electron chi connectivity index (χ4n) is 4.20. The Morgan fingerprint density at radius 2 is 1.86 bits per heavy atom. The van der Waals surface area contributed by atoms with Crippen molar-refractivity contribution in [2.75, 3.05) is 39.1 Å². The summed E-state index contributed by atoms with van der Waals surface area (Å²) in [6, 6.07) is 6.14. The number of aromatic nitrogens is 1. The number of likely N-dealkylation sites (N-methyl/N-ethyl adjacent to an activating group) is 1. The lowest BCUT2D eigenvalue weighted by atomic mass is 9.99. The number of ether oxygens (including phenoxy) is 1. The summed E-state index contributed by atoms with van der Waals surface area (Å²) in [5.41, 5.74) is 2.87. The summed E-state index contributed by atoms with van der Waals surface area (Å²) >= 11 is 0. The Balaban J connectivity index is 1.96. The second-order valence-electron chi connectivity index (χ2n) is 10.5. The zero-order chi connectivity index (χ0) is 27.1. The number of fused-ring (bicyclic) bond motifs is 1. The fraction of sp³-hybridized carbons (Fsp3) is 0.630. The molecule has 1 amide bonds. The van der Waals surface area contributed by atoms with Gasteiger partial charge in [0, 0.05) is 36.6 Å². The largest absolute Gasteiger partial charge is 0.374 e. The first-order valence-electron chi connectivity index (χ1n) is 12.6. The molecule has 0 fully saturated rings. The average molecular weight is 522 g/mol. The van der Waals surface area contributed by atoms with Crippen molar-refractivity contribution >= 4 is 26.9 Å². The fourth-order valence-corrected chi connectivity index (χ4v) is 4.59. The molecule has 0 aliphatic heterocycles. The van der Waals surface area contributed by atoms with Crippen LogP contribution in [0.4, 0.5) is 0 Å². The molecule has 0 radical (unpaired) electrons. The Kier molecular flexibility index (Phi) is 10.4. The first-order valence-corrected chi connectivity index (χ1v) is 14.4. The van der Waals surface area contributed by atoms with Gasteiger partial charge in [0.15, 0.2) is 0 Å². The van der Waals surface area contributed by atoms with E-state index in [9.17, 15) is 13.2 Å². The molecule has 8 nitrogen and oxygen atoms in total. The Labute approximate surface area is 216 Å². The van der Waals surface area contributed by atoms with Gasteiger partial charge in [-0.25, -0.2) is 0 Å². The number of nitrogens with one attached hydrogen (secondary N) is 1. The molecule has 1 aromatic heterocycles. The number of rotatable bonds is 14. The van der Waals surface area contributed by atoms with E-state index in [0.29, 0.717) is 31.7 Å². The molecule has 2 aromatic rings. The van der Waals surface area contributed by atoms with E-state index < -0.39 is 15.7 Å². The zero-order valence-electron chi connectivity index (χ0n) is 23.1. The van der Waals surface area contributed by atoms with Crippen LogP contribution in [-0.2, 0) is 25.5 Å². The van der Waals surface area contributed by atoms with Gasteiger partial charge in [-0.15, -0.1) is 0 Å². The number of hydrogen-bond acceptors (Lipinski definition) is 7. The van der Waals surface area contributed by atoms with E-state index in [0.717, 1.165) is 41.3 Å². The van der Waals surface area contributed by atoms with Gasteiger partial charge in [-0.1, -0.05) is 26.0 Å². The van der Waals surface area contributed by atoms with Crippen LogP contribution in [0.3, 0.4) is 0 Å². The van der Waals surface area contributed by atoms with Crippen LogP contribution in [0.5, 0.6) is 0 Å². The summed E-state index contributed by atoms with van der Waals surface area (Å²) in [5, 5.41) is 4.09. The van der Waals surface area contributed by atoms with Crippen LogP contribution in [0.15, 0.2) is 24.4 Å². The van der Waals surface area contributed by atoms with Gasteiger partial charge in [0.25, 0.3) is 16.0 Å². The average Bonchev–Trinajstić information content (AvgIpc) is 2.78. The minimum atomic E-state index is -3.46. The molecule has 0 bridgehead atoms. The summed E-state index contributed by atoms with van der Waals surface area (Å²) < 4.78 is 33.4. The third-order valence-corrected chi connectivity index (χ3v) is 7.05. The van der Waals surface area contributed by atoms with E-state index in [1.807, 2.05) is 39.0 Å². The van der Waals surface area contributed by atoms with Crippen molar-refractivity contribution in [2.45, 2.75) is 72.4 Å². The van der Waals surface area contributed by atoms with Crippen molar-refractivity contribution in [3.8, 4) is 0 Å². The summed E-state index contributed by atoms with van der Waals surface area (Å²) in [7, 11) is -3.46. The highest BCUT2D eigenvalue weighted by molar-refractivity contribution is 7.85. The number of amides is 1. The third kappa shape index (κ3) is 8.80. The lowest BCUT2D eigenvalue weighted by Gasteiger charge is -2.40. The van der Waals surface area contributed by atoms with E-state index in [1.165, 1.54) is 0 Å². The number of pyridine rings is 1. The molecule has 1 heterocycles. The van der Waals surface area contributed by atoms with Crippen LogP contribution in [-0.4, -0.2) is 74.5 Å². The second-order valence-corrected chi connectivity index (χ2v) is 12.1. The van der Waals surface area contributed by atoms with Gasteiger partial charge in [0.1, 0.15) is 0 Å². The first-order chi connectivity index (χ1) is 16.7. The predicted octanol–water partition coefficient (Wildman–Crippen LogP) is 4.10.